The number of carbonyl (C=O) groups is 3. The SMILES string of the molecule is CCOC(=O)c1c(C)[nH]c(C(=O)C(=O)NC[C@H](C)O)c1-c1ccc(F)cc1. The molecule has 8 heteroatoms. The molecule has 0 unspecified atom stereocenters. The van der Waals surface area contributed by atoms with Crippen LogP contribution in [-0.4, -0.2) is 47.0 Å². The zero-order valence-electron chi connectivity index (χ0n) is 15.3. The largest absolute Gasteiger partial charge is 0.462 e. The van der Waals surface area contributed by atoms with E-state index in [-0.39, 0.29) is 30.0 Å². The molecule has 0 aliphatic rings. The monoisotopic (exact) mass is 376 g/mol. The number of H-pyrrole nitrogens is 1. The number of halogens is 1. The summed E-state index contributed by atoms with van der Waals surface area (Å²) in [5.74, 6) is -2.98. The number of aromatic amines is 1. The number of Topliss-reactive ketones (excluding diaryl/α,β-unsaturated/α-hetero) is 1. The van der Waals surface area contributed by atoms with Gasteiger partial charge in [0.05, 0.1) is 18.3 Å². The first kappa shape index (κ1) is 20.3. The summed E-state index contributed by atoms with van der Waals surface area (Å²) >= 11 is 0. The fourth-order valence-electron chi connectivity index (χ4n) is 2.59. The number of ether oxygens (including phenoxy) is 1. The van der Waals surface area contributed by atoms with Gasteiger partial charge >= 0.3 is 5.97 Å². The lowest BCUT2D eigenvalue weighted by Gasteiger charge is -2.09. The number of hydrogen-bond acceptors (Lipinski definition) is 5. The molecule has 0 aliphatic carbocycles. The molecule has 1 aromatic carbocycles. The Bertz CT molecular complexity index is 856. The van der Waals surface area contributed by atoms with E-state index in [0.717, 1.165) is 0 Å². The van der Waals surface area contributed by atoms with Crippen molar-refractivity contribution >= 4 is 17.7 Å². The summed E-state index contributed by atoms with van der Waals surface area (Å²) in [6.07, 6.45) is -0.821. The smallest absolute Gasteiger partial charge is 0.340 e. The van der Waals surface area contributed by atoms with Crippen molar-refractivity contribution in [3.05, 3.63) is 47.0 Å². The Morgan fingerprint density at radius 1 is 1.26 bits per heavy atom. The number of aliphatic hydroxyl groups excluding tert-OH is 1. The van der Waals surface area contributed by atoms with Crippen molar-refractivity contribution in [1.82, 2.24) is 10.3 Å². The molecule has 1 aromatic heterocycles. The quantitative estimate of drug-likeness (QED) is 0.389. The molecular formula is C19H21FN2O5. The number of rotatable bonds is 7. The first-order valence-corrected chi connectivity index (χ1v) is 8.42. The molecule has 7 nitrogen and oxygen atoms in total. The molecule has 1 heterocycles. The number of hydrogen-bond donors (Lipinski definition) is 3. The molecule has 0 saturated carbocycles. The van der Waals surface area contributed by atoms with Crippen LogP contribution < -0.4 is 5.32 Å². The van der Waals surface area contributed by atoms with Gasteiger partial charge in [-0.3, -0.25) is 9.59 Å². The van der Waals surface area contributed by atoms with Gasteiger partial charge < -0.3 is 20.1 Å². The summed E-state index contributed by atoms with van der Waals surface area (Å²) in [4.78, 5) is 39.9. The Kier molecular flexibility index (Phi) is 6.46. The lowest BCUT2D eigenvalue weighted by molar-refractivity contribution is -0.117. The summed E-state index contributed by atoms with van der Waals surface area (Å²) in [6, 6.07) is 5.19. The topological polar surface area (TPSA) is 108 Å². The number of esters is 1. The highest BCUT2D eigenvalue weighted by Crippen LogP contribution is 2.31. The van der Waals surface area contributed by atoms with E-state index in [4.69, 9.17) is 4.74 Å². The molecule has 1 amide bonds. The summed E-state index contributed by atoms with van der Waals surface area (Å²) in [7, 11) is 0. The van der Waals surface area contributed by atoms with Gasteiger partial charge in [-0.05, 0) is 38.5 Å². The van der Waals surface area contributed by atoms with Crippen LogP contribution >= 0.6 is 0 Å². The maximum Gasteiger partial charge on any atom is 0.340 e. The Labute approximate surface area is 155 Å². The molecular weight excluding hydrogens is 355 g/mol. The van der Waals surface area contributed by atoms with E-state index < -0.39 is 29.6 Å². The van der Waals surface area contributed by atoms with E-state index in [0.29, 0.717) is 11.3 Å². The van der Waals surface area contributed by atoms with E-state index in [2.05, 4.69) is 10.3 Å². The Balaban J connectivity index is 2.55. The van der Waals surface area contributed by atoms with Gasteiger partial charge in [0, 0.05) is 17.8 Å². The number of nitrogens with one attached hydrogen (secondary N) is 2. The second-order valence-corrected chi connectivity index (χ2v) is 5.99. The molecule has 0 spiro atoms. The van der Waals surface area contributed by atoms with Gasteiger partial charge in [-0.15, -0.1) is 0 Å². The van der Waals surface area contributed by atoms with Crippen molar-refractivity contribution in [1.29, 1.82) is 0 Å². The molecule has 0 aliphatic heterocycles. The van der Waals surface area contributed by atoms with E-state index in [1.165, 1.54) is 31.2 Å². The number of benzene rings is 1. The fourth-order valence-corrected chi connectivity index (χ4v) is 2.59. The normalized spacial score (nSPS) is 11.7. The molecule has 0 saturated heterocycles. The average Bonchev–Trinajstić information content (AvgIpc) is 2.97. The molecule has 0 radical (unpaired) electrons. The summed E-state index contributed by atoms with van der Waals surface area (Å²) in [6.45, 7) is 4.72. The second kappa shape index (κ2) is 8.59. The number of carbonyl (C=O) groups excluding carboxylic acids is 3. The number of aliphatic hydroxyl groups is 1. The average molecular weight is 376 g/mol. The Morgan fingerprint density at radius 3 is 2.44 bits per heavy atom. The highest BCUT2D eigenvalue weighted by Gasteiger charge is 2.29. The van der Waals surface area contributed by atoms with E-state index in [9.17, 15) is 23.9 Å². The van der Waals surface area contributed by atoms with Gasteiger partial charge in [-0.2, -0.15) is 0 Å². The molecule has 3 N–H and O–H groups in total. The van der Waals surface area contributed by atoms with Crippen LogP contribution in [0.3, 0.4) is 0 Å². The highest BCUT2D eigenvalue weighted by molar-refractivity contribution is 6.43. The first-order chi connectivity index (χ1) is 12.8. The van der Waals surface area contributed by atoms with Crippen molar-refractivity contribution in [2.24, 2.45) is 0 Å². The van der Waals surface area contributed by atoms with Gasteiger partial charge in [0.1, 0.15) is 11.5 Å². The van der Waals surface area contributed by atoms with Crippen LogP contribution in [0.1, 0.15) is 40.4 Å². The molecule has 144 valence electrons. The lowest BCUT2D eigenvalue weighted by Crippen LogP contribution is -2.36. The van der Waals surface area contributed by atoms with Gasteiger partial charge in [0.25, 0.3) is 11.7 Å². The minimum absolute atomic E-state index is 0.0964. The summed E-state index contributed by atoms with van der Waals surface area (Å²) in [5, 5.41) is 11.6. The summed E-state index contributed by atoms with van der Waals surface area (Å²) in [5.41, 5.74) is 0.901. The van der Waals surface area contributed by atoms with Crippen LogP contribution in [0.2, 0.25) is 0 Å². The minimum atomic E-state index is -0.934. The standard InChI is InChI=1S/C19H21FN2O5/c1-4-27-19(26)14-11(3)22-16(17(24)18(25)21-9-10(2)23)15(14)12-5-7-13(20)8-6-12/h5-8,10,22-23H,4,9H2,1-3H3,(H,21,25)/t10-/m0/s1. The third kappa shape index (κ3) is 4.59. The van der Waals surface area contributed by atoms with Crippen LogP contribution in [0.15, 0.2) is 24.3 Å². The summed E-state index contributed by atoms with van der Waals surface area (Å²) < 4.78 is 18.3. The maximum absolute atomic E-state index is 13.3. The van der Waals surface area contributed by atoms with Gasteiger partial charge in [0.2, 0.25) is 0 Å². The minimum Gasteiger partial charge on any atom is -0.462 e. The van der Waals surface area contributed by atoms with Crippen molar-refractivity contribution < 1.29 is 28.6 Å². The highest BCUT2D eigenvalue weighted by atomic mass is 19.1. The van der Waals surface area contributed by atoms with Crippen molar-refractivity contribution in [2.45, 2.75) is 26.9 Å². The predicted octanol–water partition coefficient (Wildman–Crippen LogP) is 1.99. The fraction of sp³-hybridized carbons (Fsp3) is 0.316. The van der Waals surface area contributed by atoms with Crippen LogP contribution in [0.25, 0.3) is 11.1 Å². The molecule has 0 bridgehead atoms. The molecule has 2 aromatic rings. The van der Waals surface area contributed by atoms with E-state index in [1.54, 1.807) is 13.8 Å². The van der Waals surface area contributed by atoms with Crippen molar-refractivity contribution in [2.75, 3.05) is 13.2 Å². The molecule has 27 heavy (non-hydrogen) atoms. The van der Waals surface area contributed by atoms with Crippen LogP contribution in [-0.2, 0) is 9.53 Å². The maximum atomic E-state index is 13.3. The zero-order valence-corrected chi connectivity index (χ0v) is 15.3. The number of ketones is 1. The third-order valence-corrected chi connectivity index (χ3v) is 3.79. The van der Waals surface area contributed by atoms with Crippen molar-refractivity contribution in [3.8, 4) is 11.1 Å². The number of aromatic nitrogens is 1. The van der Waals surface area contributed by atoms with E-state index >= 15 is 0 Å². The van der Waals surface area contributed by atoms with Crippen molar-refractivity contribution in [3.63, 3.8) is 0 Å². The zero-order chi connectivity index (χ0) is 20.1. The lowest BCUT2D eigenvalue weighted by atomic mass is 9.98. The van der Waals surface area contributed by atoms with E-state index in [1.807, 2.05) is 0 Å². The van der Waals surface area contributed by atoms with Crippen LogP contribution in [0.5, 0.6) is 0 Å². The first-order valence-electron chi connectivity index (χ1n) is 8.42. The van der Waals surface area contributed by atoms with Gasteiger partial charge in [0.15, 0.2) is 0 Å². The third-order valence-electron chi connectivity index (χ3n) is 3.79. The molecule has 2 rings (SSSR count). The number of aryl methyl sites for hydroxylation is 1. The molecule has 1 atom stereocenters. The van der Waals surface area contributed by atoms with Crippen LogP contribution in [0.4, 0.5) is 4.39 Å². The predicted molar refractivity (Wildman–Crippen MR) is 95.9 cm³/mol. The van der Waals surface area contributed by atoms with Gasteiger partial charge in [-0.25, -0.2) is 9.18 Å². The Hall–Kier alpha value is -3.00. The number of amides is 1. The second-order valence-electron chi connectivity index (χ2n) is 5.99. The molecule has 0 fully saturated rings. The Morgan fingerprint density at radius 2 is 1.89 bits per heavy atom. The van der Waals surface area contributed by atoms with Crippen LogP contribution in [0, 0.1) is 12.7 Å². The van der Waals surface area contributed by atoms with Gasteiger partial charge in [-0.1, -0.05) is 12.1 Å².